The highest BCUT2D eigenvalue weighted by molar-refractivity contribution is 14.1. The summed E-state index contributed by atoms with van der Waals surface area (Å²) in [5, 5.41) is 10.3. The van der Waals surface area contributed by atoms with Gasteiger partial charge in [0.25, 0.3) is 0 Å². The molecule has 70 valence electrons. The summed E-state index contributed by atoms with van der Waals surface area (Å²) in [6, 6.07) is 3.92. The molecule has 2 aromatic heterocycles. The smallest absolute Gasteiger partial charge is 0.168 e. The van der Waals surface area contributed by atoms with Crippen LogP contribution in [-0.2, 0) is 7.05 Å². The van der Waals surface area contributed by atoms with Gasteiger partial charge in [0.2, 0.25) is 0 Å². The van der Waals surface area contributed by atoms with Gasteiger partial charge in [0.05, 0.1) is 17.1 Å². The van der Waals surface area contributed by atoms with E-state index in [1.165, 1.54) is 0 Å². The molecule has 0 fully saturated rings. The molecule has 0 saturated carbocycles. The Labute approximate surface area is 93.0 Å². The van der Waals surface area contributed by atoms with Gasteiger partial charge in [-0.2, -0.15) is 5.10 Å². The van der Waals surface area contributed by atoms with Crippen molar-refractivity contribution < 1.29 is 4.52 Å². The van der Waals surface area contributed by atoms with Crippen LogP contribution in [-0.4, -0.2) is 14.9 Å². The number of fused-ring (bicyclic) bond motifs is 3. The molecular weight excluding hydrogens is 293 g/mol. The maximum Gasteiger partial charge on any atom is 0.168 e. The van der Waals surface area contributed by atoms with Crippen molar-refractivity contribution >= 4 is 44.5 Å². The summed E-state index contributed by atoms with van der Waals surface area (Å²) in [4.78, 5) is 0. The summed E-state index contributed by atoms with van der Waals surface area (Å²) in [5.74, 6) is 0. The van der Waals surface area contributed by atoms with Crippen molar-refractivity contribution in [3.8, 4) is 0 Å². The zero-order valence-electron chi connectivity index (χ0n) is 7.36. The molecule has 0 atom stereocenters. The van der Waals surface area contributed by atoms with Crippen LogP contribution in [0.25, 0.3) is 21.9 Å². The van der Waals surface area contributed by atoms with E-state index < -0.39 is 0 Å². The first kappa shape index (κ1) is 8.22. The highest BCUT2D eigenvalue weighted by atomic mass is 127. The minimum absolute atomic E-state index is 0.815. The molecule has 0 amide bonds. The fourth-order valence-corrected chi connectivity index (χ4v) is 2.29. The second-order valence-electron chi connectivity index (χ2n) is 3.11. The van der Waals surface area contributed by atoms with E-state index in [4.69, 9.17) is 4.52 Å². The molecule has 0 N–H and O–H groups in total. The maximum absolute atomic E-state index is 5.17. The topological polar surface area (TPSA) is 43.9 Å². The molecule has 3 rings (SSSR count). The predicted octanol–water partition coefficient (Wildman–Crippen LogP) is 2.32. The van der Waals surface area contributed by atoms with Crippen LogP contribution in [0.5, 0.6) is 0 Å². The van der Waals surface area contributed by atoms with E-state index in [1.54, 1.807) is 0 Å². The highest BCUT2D eigenvalue weighted by Gasteiger charge is 2.11. The summed E-state index contributed by atoms with van der Waals surface area (Å²) in [6.45, 7) is 0. The van der Waals surface area contributed by atoms with Crippen LogP contribution in [0.1, 0.15) is 0 Å². The van der Waals surface area contributed by atoms with Gasteiger partial charge < -0.3 is 4.52 Å². The van der Waals surface area contributed by atoms with E-state index in [0.717, 1.165) is 25.6 Å². The van der Waals surface area contributed by atoms with Gasteiger partial charge in [0.15, 0.2) is 9.28 Å². The number of aryl methyl sites for hydroxylation is 1. The number of nitrogens with zero attached hydrogens (tertiary/aromatic N) is 3. The number of hydrogen-bond donors (Lipinski definition) is 0. The van der Waals surface area contributed by atoms with E-state index in [0.29, 0.717) is 0 Å². The Kier molecular flexibility index (Phi) is 1.58. The lowest BCUT2D eigenvalue weighted by molar-refractivity contribution is 0.451. The van der Waals surface area contributed by atoms with Gasteiger partial charge in [0.1, 0.15) is 0 Å². The summed E-state index contributed by atoms with van der Waals surface area (Å²) >= 11 is 2.17. The Balaban J connectivity index is 2.66. The molecule has 0 spiro atoms. The minimum atomic E-state index is 0.815. The van der Waals surface area contributed by atoms with Gasteiger partial charge in [-0.15, -0.1) is 0 Å². The number of halogens is 1. The van der Waals surface area contributed by atoms with E-state index in [2.05, 4.69) is 32.8 Å². The second kappa shape index (κ2) is 2.69. The number of benzene rings is 1. The fourth-order valence-electron chi connectivity index (χ4n) is 1.63. The molecule has 5 heteroatoms. The summed E-state index contributed by atoms with van der Waals surface area (Å²) in [6.07, 6.45) is 1.84. The molecule has 0 aliphatic rings. The molecule has 0 bridgehead atoms. The number of hydrogen-bond acceptors (Lipinski definition) is 3. The molecule has 0 unspecified atom stereocenters. The van der Waals surface area contributed by atoms with Gasteiger partial charge in [-0.3, -0.25) is 4.68 Å². The van der Waals surface area contributed by atoms with Crippen LogP contribution in [0.2, 0.25) is 0 Å². The third-order valence-electron chi connectivity index (χ3n) is 2.32. The van der Waals surface area contributed by atoms with Gasteiger partial charge in [-0.25, -0.2) is 0 Å². The molecular formula is C9H6IN3O. The third-order valence-corrected chi connectivity index (χ3v) is 3.06. The monoisotopic (exact) mass is 299 g/mol. The zero-order valence-corrected chi connectivity index (χ0v) is 9.52. The van der Waals surface area contributed by atoms with Crippen LogP contribution >= 0.6 is 22.6 Å². The van der Waals surface area contributed by atoms with Crippen LogP contribution in [0.15, 0.2) is 22.9 Å². The standard InChI is InChI=1S/C9H6IN3O/c1-13-6-2-3-7-8(5(6)4-11-13)9(10)12-14-7/h2-4H,1H3. The Bertz CT molecular complexity index is 625. The molecule has 3 aromatic rings. The van der Waals surface area contributed by atoms with E-state index in [9.17, 15) is 0 Å². The van der Waals surface area contributed by atoms with Gasteiger partial charge in [-0.1, -0.05) is 5.16 Å². The van der Waals surface area contributed by atoms with Crippen molar-refractivity contribution in [1.29, 1.82) is 0 Å². The SMILES string of the molecule is Cn1ncc2c3c(I)noc3ccc21. The summed E-state index contributed by atoms with van der Waals surface area (Å²) in [5.41, 5.74) is 1.91. The number of rotatable bonds is 0. The van der Waals surface area contributed by atoms with Crippen molar-refractivity contribution in [2.24, 2.45) is 7.05 Å². The van der Waals surface area contributed by atoms with E-state index >= 15 is 0 Å². The number of aromatic nitrogens is 3. The van der Waals surface area contributed by atoms with Crippen LogP contribution < -0.4 is 0 Å². The van der Waals surface area contributed by atoms with Gasteiger partial charge in [0, 0.05) is 12.4 Å². The lowest BCUT2D eigenvalue weighted by Crippen LogP contribution is -1.87. The largest absolute Gasteiger partial charge is 0.355 e. The summed E-state index contributed by atoms with van der Waals surface area (Å²) < 4.78 is 7.90. The minimum Gasteiger partial charge on any atom is -0.355 e. The van der Waals surface area contributed by atoms with Gasteiger partial charge >= 0.3 is 0 Å². The predicted molar refractivity (Wildman–Crippen MR) is 61.0 cm³/mol. The average Bonchev–Trinajstić information content (AvgIpc) is 2.72. The van der Waals surface area contributed by atoms with Crippen molar-refractivity contribution in [2.75, 3.05) is 0 Å². The quantitative estimate of drug-likeness (QED) is 0.598. The van der Waals surface area contributed by atoms with Crippen molar-refractivity contribution in [2.45, 2.75) is 0 Å². The van der Waals surface area contributed by atoms with E-state index in [-0.39, 0.29) is 0 Å². The first-order valence-corrected chi connectivity index (χ1v) is 5.21. The molecule has 0 aliphatic heterocycles. The Morgan fingerprint density at radius 1 is 1.43 bits per heavy atom. The molecule has 4 nitrogen and oxygen atoms in total. The lowest BCUT2D eigenvalue weighted by Gasteiger charge is -1.93. The van der Waals surface area contributed by atoms with Crippen molar-refractivity contribution in [3.63, 3.8) is 0 Å². The molecule has 0 radical (unpaired) electrons. The molecule has 0 saturated heterocycles. The first-order valence-electron chi connectivity index (χ1n) is 4.13. The summed E-state index contributed by atoms with van der Waals surface area (Å²) in [7, 11) is 1.93. The van der Waals surface area contributed by atoms with Crippen molar-refractivity contribution in [3.05, 3.63) is 22.0 Å². The van der Waals surface area contributed by atoms with Crippen LogP contribution in [0, 0.1) is 3.70 Å². The van der Waals surface area contributed by atoms with E-state index in [1.807, 2.05) is 30.1 Å². The van der Waals surface area contributed by atoms with Gasteiger partial charge in [-0.05, 0) is 34.7 Å². The zero-order chi connectivity index (χ0) is 9.71. The van der Waals surface area contributed by atoms with Crippen molar-refractivity contribution in [1.82, 2.24) is 14.9 Å². The first-order chi connectivity index (χ1) is 6.77. The maximum atomic E-state index is 5.17. The third kappa shape index (κ3) is 0.927. The Morgan fingerprint density at radius 3 is 3.14 bits per heavy atom. The van der Waals surface area contributed by atoms with Crippen LogP contribution in [0.4, 0.5) is 0 Å². The molecule has 2 heterocycles. The average molecular weight is 299 g/mol. The molecule has 0 aliphatic carbocycles. The normalized spacial score (nSPS) is 11.6. The Morgan fingerprint density at radius 2 is 2.29 bits per heavy atom. The Hall–Kier alpha value is -1.11. The molecule has 1 aromatic carbocycles. The fraction of sp³-hybridized carbons (Fsp3) is 0.111. The lowest BCUT2D eigenvalue weighted by atomic mass is 10.2. The second-order valence-corrected chi connectivity index (χ2v) is 4.13. The highest BCUT2D eigenvalue weighted by Crippen LogP contribution is 2.28. The van der Waals surface area contributed by atoms with Crippen LogP contribution in [0.3, 0.4) is 0 Å². The molecule has 14 heavy (non-hydrogen) atoms.